The molecule has 0 aliphatic rings. The maximum atomic E-state index is 12.2. The molecule has 0 saturated carbocycles. The number of sulfonamides is 1. The summed E-state index contributed by atoms with van der Waals surface area (Å²) < 4.78 is 30.9. The Kier molecular flexibility index (Phi) is 7.14. The minimum absolute atomic E-state index is 0.0688. The predicted octanol–water partition coefficient (Wildman–Crippen LogP) is 0.410. The van der Waals surface area contributed by atoms with Gasteiger partial charge in [0.05, 0.1) is 11.9 Å². The molecule has 0 aliphatic heterocycles. The van der Waals surface area contributed by atoms with Crippen LogP contribution in [0.2, 0.25) is 0 Å². The van der Waals surface area contributed by atoms with E-state index in [1.54, 1.807) is 7.11 Å². The van der Waals surface area contributed by atoms with E-state index < -0.39 is 15.3 Å². The largest absolute Gasteiger partial charge is 0.383 e. The number of ether oxygens (including phenoxy) is 1. The lowest BCUT2D eigenvalue weighted by atomic mass is 10.3. The number of nitrogens with zero attached hydrogens (tertiary/aromatic N) is 1. The van der Waals surface area contributed by atoms with Gasteiger partial charge in [0.2, 0.25) is 10.0 Å². The van der Waals surface area contributed by atoms with Crippen molar-refractivity contribution >= 4 is 10.0 Å². The molecule has 1 atom stereocenters. The van der Waals surface area contributed by atoms with Gasteiger partial charge in [0.25, 0.3) is 0 Å². The van der Waals surface area contributed by atoms with Gasteiger partial charge < -0.3 is 10.5 Å². The molecule has 16 heavy (non-hydrogen) atoms. The highest BCUT2D eigenvalue weighted by molar-refractivity contribution is 7.89. The van der Waals surface area contributed by atoms with Gasteiger partial charge in [-0.05, 0) is 20.3 Å². The van der Waals surface area contributed by atoms with Crippen LogP contribution in [0.1, 0.15) is 27.2 Å². The topological polar surface area (TPSA) is 72.6 Å². The lowest BCUT2D eigenvalue weighted by molar-refractivity contribution is 0.170. The summed E-state index contributed by atoms with van der Waals surface area (Å²) in [4.78, 5) is 0. The number of hydrogen-bond donors (Lipinski definition) is 1. The second kappa shape index (κ2) is 7.21. The average molecular weight is 252 g/mol. The third-order valence-electron chi connectivity index (χ3n) is 2.56. The van der Waals surface area contributed by atoms with Gasteiger partial charge >= 0.3 is 0 Å². The minimum Gasteiger partial charge on any atom is -0.383 e. The van der Waals surface area contributed by atoms with Crippen molar-refractivity contribution in [3.8, 4) is 0 Å². The number of rotatable bonds is 8. The number of hydrogen-bond acceptors (Lipinski definition) is 4. The monoisotopic (exact) mass is 252 g/mol. The SMILES string of the molecule is CCC(CN)S(=O)(=O)N(CCOC)C(C)C. The Labute approximate surface area is 99.0 Å². The lowest BCUT2D eigenvalue weighted by Crippen LogP contribution is -2.46. The van der Waals surface area contributed by atoms with Crippen LogP contribution >= 0.6 is 0 Å². The van der Waals surface area contributed by atoms with Crippen molar-refractivity contribution in [2.75, 3.05) is 26.8 Å². The summed E-state index contributed by atoms with van der Waals surface area (Å²) in [6.07, 6.45) is 0.537. The molecule has 0 heterocycles. The Morgan fingerprint density at radius 3 is 2.25 bits per heavy atom. The third-order valence-corrected chi connectivity index (χ3v) is 5.18. The molecule has 6 heteroatoms. The van der Waals surface area contributed by atoms with Crippen molar-refractivity contribution in [1.29, 1.82) is 0 Å². The first-order valence-electron chi connectivity index (χ1n) is 5.61. The van der Waals surface area contributed by atoms with Crippen molar-refractivity contribution in [2.45, 2.75) is 38.5 Å². The van der Waals surface area contributed by atoms with Gasteiger partial charge in [0.15, 0.2) is 0 Å². The fraction of sp³-hybridized carbons (Fsp3) is 1.00. The van der Waals surface area contributed by atoms with Crippen molar-refractivity contribution in [2.24, 2.45) is 5.73 Å². The zero-order valence-electron chi connectivity index (χ0n) is 10.6. The number of methoxy groups -OCH3 is 1. The van der Waals surface area contributed by atoms with E-state index in [9.17, 15) is 8.42 Å². The summed E-state index contributed by atoms with van der Waals surface area (Å²) in [5, 5.41) is -0.494. The molecule has 0 aromatic rings. The zero-order valence-corrected chi connectivity index (χ0v) is 11.5. The van der Waals surface area contributed by atoms with E-state index in [0.717, 1.165) is 0 Å². The molecule has 2 N–H and O–H groups in total. The minimum atomic E-state index is -3.31. The van der Waals surface area contributed by atoms with Crippen LogP contribution in [0.5, 0.6) is 0 Å². The summed E-state index contributed by atoms with van der Waals surface area (Å²) in [7, 11) is -1.75. The van der Waals surface area contributed by atoms with Crippen molar-refractivity contribution in [1.82, 2.24) is 4.31 Å². The Morgan fingerprint density at radius 2 is 1.94 bits per heavy atom. The first kappa shape index (κ1) is 15.8. The van der Waals surface area contributed by atoms with Gasteiger partial charge in [-0.15, -0.1) is 0 Å². The van der Waals surface area contributed by atoms with E-state index in [2.05, 4.69) is 0 Å². The van der Waals surface area contributed by atoms with Gasteiger partial charge in [0.1, 0.15) is 0 Å². The molecule has 0 saturated heterocycles. The summed E-state index contributed by atoms with van der Waals surface area (Å²) >= 11 is 0. The highest BCUT2D eigenvalue weighted by Crippen LogP contribution is 2.14. The van der Waals surface area contributed by atoms with E-state index in [1.807, 2.05) is 20.8 Å². The van der Waals surface area contributed by atoms with Crippen LogP contribution in [0.15, 0.2) is 0 Å². The molecular formula is C10H24N2O3S. The highest BCUT2D eigenvalue weighted by atomic mass is 32.2. The zero-order chi connectivity index (χ0) is 12.8. The first-order valence-corrected chi connectivity index (χ1v) is 7.11. The van der Waals surface area contributed by atoms with Crippen LogP contribution in [0.25, 0.3) is 0 Å². The van der Waals surface area contributed by atoms with Gasteiger partial charge in [-0.1, -0.05) is 6.92 Å². The van der Waals surface area contributed by atoms with Crippen molar-refractivity contribution < 1.29 is 13.2 Å². The maximum absolute atomic E-state index is 12.2. The quantitative estimate of drug-likeness (QED) is 0.679. The average Bonchev–Trinajstić information content (AvgIpc) is 2.18. The standard InChI is InChI=1S/C10H24N2O3S/c1-5-10(8-11)16(13,14)12(9(2)3)6-7-15-4/h9-10H,5-8,11H2,1-4H3. The number of nitrogens with two attached hydrogens (primary N) is 1. The fourth-order valence-electron chi connectivity index (χ4n) is 1.55. The van der Waals surface area contributed by atoms with Crippen molar-refractivity contribution in [3.05, 3.63) is 0 Å². The molecule has 0 aromatic heterocycles. The Bertz CT molecular complexity index is 274. The molecule has 5 nitrogen and oxygen atoms in total. The van der Waals surface area contributed by atoms with Crippen LogP contribution in [0, 0.1) is 0 Å². The molecule has 0 bridgehead atoms. The van der Waals surface area contributed by atoms with E-state index in [0.29, 0.717) is 19.6 Å². The smallest absolute Gasteiger partial charge is 0.218 e. The molecule has 0 amide bonds. The van der Waals surface area contributed by atoms with Crippen LogP contribution in [-0.4, -0.2) is 50.8 Å². The highest BCUT2D eigenvalue weighted by Gasteiger charge is 2.31. The fourth-order valence-corrected chi connectivity index (χ4v) is 3.52. The van der Waals surface area contributed by atoms with E-state index in [-0.39, 0.29) is 12.6 Å². The summed E-state index contributed by atoms with van der Waals surface area (Å²) in [5.41, 5.74) is 5.50. The lowest BCUT2D eigenvalue weighted by Gasteiger charge is -2.29. The van der Waals surface area contributed by atoms with Gasteiger partial charge in [-0.2, -0.15) is 4.31 Å². The Hall–Kier alpha value is -0.170. The molecule has 0 fully saturated rings. The second-order valence-electron chi connectivity index (χ2n) is 4.01. The molecule has 0 spiro atoms. The van der Waals surface area contributed by atoms with Gasteiger partial charge in [0, 0.05) is 26.2 Å². The third kappa shape index (κ3) is 4.01. The summed E-state index contributed by atoms with van der Waals surface area (Å²) in [6, 6.07) is -0.0688. The van der Waals surface area contributed by atoms with Crippen molar-refractivity contribution in [3.63, 3.8) is 0 Å². The van der Waals surface area contributed by atoms with Crippen LogP contribution in [-0.2, 0) is 14.8 Å². The molecule has 0 radical (unpaired) electrons. The van der Waals surface area contributed by atoms with E-state index in [4.69, 9.17) is 10.5 Å². The molecule has 1 unspecified atom stereocenters. The second-order valence-corrected chi connectivity index (χ2v) is 6.17. The molecule has 0 aromatic carbocycles. The van der Waals surface area contributed by atoms with Gasteiger partial charge in [-0.25, -0.2) is 8.42 Å². The van der Waals surface area contributed by atoms with Crippen LogP contribution < -0.4 is 5.73 Å². The Balaban J connectivity index is 4.88. The Morgan fingerprint density at radius 1 is 1.38 bits per heavy atom. The normalized spacial score (nSPS) is 14.7. The van der Waals surface area contributed by atoms with E-state index >= 15 is 0 Å². The predicted molar refractivity (Wildman–Crippen MR) is 65.8 cm³/mol. The van der Waals surface area contributed by atoms with Crippen LogP contribution in [0.4, 0.5) is 0 Å². The molecule has 98 valence electrons. The van der Waals surface area contributed by atoms with E-state index in [1.165, 1.54) is 4.31 Å². The maximum Gasteiger partial charge on any atom is 0.218 e. The molecular weight excluding hydrogens is 228 g/mol. The molecule has 0 rings (SSSR count). The van der Waals surface area contributed by atoms with Gasteiger partial charge in [-0.3, -0.25) is 0 Å². The first-order chi connectivity index (χ1) is 7.41. The summed E-state index contributed by atoms with van der Waals surface area (Å²) in [6.45, 7) is 6.50. The summed E-state index contributed by atoms with van der Waals surface area (Å²) in [5.74, 6) is 0. The molecule has 0 aliphatic carbocycles. The van der Waals surface area contributed by atoms with Crippen LogP contribution in [0.3, 0.4) is 0 Å².